The van der Waals surface area contributed by atoms with Crippen molar-refractivity contribution in [2.24, 2.45) is 5.92 Å². The number of benzene rings is 1. The summed E-state index contributed by atoms with van der Waals surface area (Å²) in [6.07, 6.45) is 2.28. The van der Waals surface area contributed by atoms with E-state index in [1.807, 2.05) is 12.1 Å². The summed E-state index contributed by atoms with van der Waals surface area (Å²) in [5, 5.41) is 6.70. The third-order valence-corrected chi connectivity index (χ3v) is 3.26. The fourth-order valence-electron chi connectivity index (χ4n) is 1.97. The zero-order valence-electron chi connectivity index (χ0n) is 8.09. The fraction of sp³-hybridized carbons (Fsp3) is 0.364. The van der Waals surface area contributed by atoms with E-state index in [4.69, 9.17) is 11.6 Å². The second-order valence-electron chi connectivity index (χ2n) is 4.11. The molecule has 1 aromatic rings. The maximum absolute atomic E-state index is 11.8. The number of hydrogen-bond donors (Lipinski definition) is 2. The van der Waals surface area contributed by atoms with Crippen molar-refractivity contribution in [3.8, 4) is 0 Å². The van der Waals surface area contributed by atoms with Crippen LogP contribution in [0.3, 0.4) is 0 Å². The van der Waals surface area contributed by atoms with Gasteiger partial charge in [0.05, 0.1) is 16.4 Å². The molecule has 1 amide bonds. The summed E-state index contributed by atoms with van der Waals surface area (Å²) in [6.45, 7) is 0. The zero-order valence-corrected chi connectivity index (χ0v) is 8.84. The normalized spacial score (nSPS) is 24.1. The molecule has 0 bridgehead atoms. The van der Waals surface area contributed by atoms with E-state index in [2.05, 4.69) is 10.6 Å². The highest BCUT2D eigenvalue weighted by atomic mass is 35.5. The van der Waals surface area contributed by atoms with Gasteiger partial charge in [0.2, 0.25) is 5.91 Å². The number of fused-ring (bicyclic) bond motifs is 1. The Bertz CT molecular complexity index is 429. The number of nitrogens with one attached hydrogen (secondary N) is 2. The molecule has 3 nitrogen and oxygen atoms in total. The van der Waals surface area contributed by atoms with Gasteiger partial charge in [0.15, 0.2) is 0 Å². The summed E-state index contributed by atoms with van der Waals surface area (Å²) in [5.74, 6) is 0.537. The average Bonchev–Trinajstić information content (AvgIpc) is 3.02. The average molecular weight is 223 g/mol. The minimum Gasteiger partial charge on any atom is -0.372 e. The van der Waals surface area contributed by atoms with Gasteiger partial charge in [0.25, 0.3) is 0 Å². The van der Waals surface area contributed by atoms with Crippen LogP contribution >= 0.6 is 11.6 Å². The standard InChI is InChI=1S/C11H11ClN2O/c12-7-2-1-3-8-10(7)14-11(15)9(13-8)6-4-5-6/h1-3,6,9,13H,4-5H2,(H,14,15). The lowest BCUT2D eigenvalue weighted by Crippen LogP contribution is -2.40. The Morgan fingerprint density at radius 2 is 2.13 bits per heavy atom. The van der Waals surface area contributed by atoms with E-state index < -0.39 is 0 Å². The lowest BCUT2D eigenvalue weighted by atomic mass is 10.1. The monoisotopic (exact) mass is 222 g/mol. The van der Waals surface area contributed by atoms with Crippen LogP contribution in [0, 0.1) is 5.92 Å². The summed E-state index contributed by atoms with van der Waals surface area (Å²) in [4.78, 5) is 11.8. The molecule has 3 rings (SSSR count). The number of rotatable bonds is 1. The SMILES string of the molecule is O=C1Nc2c(Cl)cccc2NC1C1CC1. The van der Waals surface area contributed by atoms with Crippen molar-refractivity contribution >= 4 is 28.9 Å². The van der Waals surface area contributed by atoms with Crippen LogP contribution in [-0.2, 0) is 4.79 Å². The van der Waals surface area contributed by atoms with Gasteiger partial charge in [-0.15, -0.1) is 0 Å². The van der Waals surface area contributed by atoms with Gasteiger partial charge in [-0.25, -0.2) is 0 Å². The smallest absolute Gasteiger partial charge is 0.247 e. The first-order chi connectivity index (χ1) is 7.25. The van der Waals surface area contributed by atoms with E-state index >= 15 is 0 Å². The topological polar surface area (TPSA) is 41.1 Å². The molecule has 1 unspecified atom stereocenters. The minimum absolute atomic E-state index is 0.0399. The number of anilines is 2. The lowest BCUT2D eigenvalue weighted by molar-refractivity contribution is -0.117. The number of para-hydroxylation sites is 1. The Morgan fingerprint density at radius 3 is 2.87 bits per heavy atom. The molecule has 1 saturated carbocycles. The molecule has 78 valence electrons. The Hall–Kier alpha value is -1.22. The molecule has 2 N–H and O–H groups in total. The first-order valence-corrected chi connectivity index (χ1v) is 5.49. The largest absolute Gasteiger partial charge is 0.372 e. The zero-order chi connectivity index (χ0) is 10.4. The van der Waals surface area contributed by atoms with Crippen molar-refractivity contribution < 1.29 is 4.79 Å². The summed E-state index contributed by atoms with van der Waals surface area (Å²) >= 11 is 6.00. The molecular formula is C11H11ClN2O. The van der Waals surface area contributed by atoms with Gasteiger partial charge in [0, 0.05) is 0 Å². The Balaban J connectivity index is 1.98. The van der Waals surface area contributed by atoms with E-state index in [-0.39, 0.29) is 11.9 Å². The van der Waals surface area contributed by atoms with Crippen LogP contribution in [0.25, 0.3) is 0 Å². The lowest BCUT2D eigenvalue weighted by Gasteiger charge is -2.27. The van der Waals surface area contributed by atoms with Gasteiger partial charge < -0.3 is 10.6 Å². The van der Waals surface area contributed by atoms with E-state index in [0.29, 0.717) is 16.6 Å². The van der Waals surface area contributed by atoms with Crippen molar-refractivity contribution in [3.63, 3.8) is 0 Å². The highest BCUT2D eigenvalue weighted by molar-refractivity contribution is 6.35. The molecule has 0 aromatic heterocycles. The summed E-state index contributed by atoms with van der Waals surface area (Å²) in [5.41, 5.74) is 1.64. The molecule has 0 spiro atoms. The van der Waals surface area contributed by atoms with Crippen molar-refractivity contribution in [1.29, 1.82) is 0 Å². The predicted octanol–water partition coefficient (Wildman–Crippen LogP) is 2.48. The quantitative estimate of drug-likeness (QED) is 0.767. The molecule has 15 heavy (non-hydrogen) atoms. The molecule has 1 aliphatic carbocycles. The van der Waals surface area contributed by atoms with Crippen molar-refractivity contribution in [2.45, 2.75) is 18.9 Å². The van der Waals surface area contributed by atoms with Crippen LogP contribution in [0.5, 0.6) is 0 Å². The molecule has 0 saturated heterocycles. The Labute approximate surface area is 92.8 Å². The van der Waals surface area contributed by atoms with Crippen LogP contribution in [0.4, 0.5) is 11.4 Å². The van der Waals surface area contributed by atoms with E-state index in [1.54, 1.807) is 6.07 Å². The number of hydrogen-bond acceptors (Lipinski definition) is 2. The molecule has 1 aromatic carbocycles. The molecule has 4 heteroatoms. The summed E-state index contributed by atoms with van der Waals surface area (Å²) in [7, 11) is 0. The number of carbonyl (C=O) groups is 1. The van der Waals surface area contributed by atoms with Crippen molar-refractivity contribution in [3.05, 3.63) is 23.2 Å². The number of amides is 1. The van der Waals surface area contributed by atoms with Crippen LogP contribution in [0.1, 0.15) is 12.8 Å². The number of carbonyl (C=O) groups excluding carboxylic acids is 1. The predicted molar refractivity (Wildman–Crippen MR) is 60.2 cm³/mol. The molecule has 1 aliphatic heterocycles. The third-order valence-electron chi connectivity index (χ3n) is 2.95. The van der Waals surface area contributed by atoms with Gasteiger partial charge in [-0.2, -0.15) is 0 Å². The number of halogens is 1. The van der Waals surface area contributed by atoms with E-state index in [0.717, 1.165) is 18.5 Å². The van der Waals surface area contributed by atoms with Gasteiger partial charge in [-0.1, -0.05) is 17.7 Å². The second-order valence-corrected chi connectivity index (χ2v) is 4.52. The molecule has 1 atom stereocenters. The van der Waals surface area contributed by atoms with Crippen LogP contribution in [-0.4, -0.2) is 11.9 Å². The highest BCUT2D eigenvalue weighted by Crippen LogP contribution is 2.40. The summed E-state index contributed by atoms with van der Waals surface area (Å²) in [6, 6.07) is 5.53. The van der Waals surface area contributed by atoms with Gasteiger partial charge in [0.1, 0.15) is 6.04 Å². The first-order valence-electron chi connectivity index (χ1n) is 5.11. The molecule has 0 radical (unpaired) electrons. The molecule has 2 aliphatic rings. The summed E-state index contributed by atoms with van der Waals surface area (Å²) < 4.78 is 0. The molecular weight excluding hydrogens is 212 g/mol. The maximum Gasteiger partial charge on any atom is 0.247 e. The van der Waals surface area contributed by atoms with Crippen LogP contribution < -0.4 is 10.6 Å². The Kier molecular flexibility index (Phi) is 1.89. The third kappa shape index (κ3) is 1.47. The van der Waals surface area contributed by atoms with Crippen LogP contribution in [0.2, 0.25) is 5.02 Å². The van der Waals surface area contributed by atoms with Gasteiger partial charge in [-0.3, -0.25) is 4.79 Å². The van der Waals surface area contributed by atoms with Crippen LogP contribution in [0.15, 0.2) is 18.2 Å². The molecule has 1 fully saturated rings. The maximum atomic E-state index is 11.8. The van der Waals surface area contributed by atoms with E-state index in [9.17, 15) is 4.79 Å². The van der Waals surface area contributed by atoms with Crippen molar-refractivity contribution in [1.82, 2.24) is 0 Å². The fourth-order valence-corrected chi connectivity index (χ4v) is 2.19. The first kappa shape index (κ1) is 9.04. The molecule has 1 heterocycles. The Morgan fingerprint density at radius 1 is 1.33 bits per heavy atom. The van der Waals surface area contributed by atoms with Crippen molar-refractivity contribution in [2.75, 3.05) is 10.6 Å². The second kappa shape index (κ2) is 3.14. The highest BCUT2D eigenvalue weighted by Gasteiger charge is 2.39. The van der Waals surface area contributed by atoms with Gasteiger partial charge >= 0.3 is 0 Å². The minimum atomic E-state index is -0.0732. The van der Waals surface area contributed by atoms with E-state index in [1.165, 1.54) is 0 Å². The van der Waals surface area contributed by atoms with Gasteiger partial charge in [-0.05, 0) is 30.9 Å².